The zero-order chi connectivity index (χ0) is 13.0. The van der Waals surface area contributed by atoms with Gasteiger partial charge in [0, 0.05) is 0 Å². The van der Waals surface area contributed by atoms with Crippen molar-refractivity contribution < 1.29 is 19.4 Å². The van der Waals surface area contributed by atoms with Gasteiger partial charge in [-0.25, -0.2) is 4.79 Å². The third-order valence-electron chi connectivity index (χ3n) is 2.12. The van der Waals surface area contributed by atoms with Crippen molar-refractivity contribution in [1.29, 1.82) is 0 Å². The van der Waals surface area contributed by atoms with Crippen LogP contribution in [0.3, 0.4) is 0 Å². The third kappa shape index (κ3) is 3.61. The molecule has 0 fully saturated rings. The lowest BCUT2D eigenvalue weighted by atomic mass is 10.2. The maximum atomic E-state index is 10.9. The zero-order valence-electron chi connectivity index (χ0n) is 9.37. The van der Waals surface area contributed by atoms with E-state index in [1.54, 1.807) is 26.2 Å². The maximum absolute atomic E-state index is 10.9. The highest BCUT2D eigenvalue weighted by Crippen LogP contribution is 2.36. The van der Waals surface area contributed by atoms with Gasteiger partial charge < -0.3 is 14.6 Å². The largest absolute Gasteiger partial charge is 0.496 e. The topological polar surface area (TPSA) is 55.8 Å². The molecule has 0 spiro atoms. The Morgan fingerprint density at radius 3 is 2.35 bits per heavy atom. The molecule has 0 amide bonds. The number of carboxylic acids is 1. The summed E-state index contributed by atoms with van der Waals surface area (Å²) in [5.74, 6) is 0.130. The van der Waals surface area contributed by atoms with E-state index < -0.39 is 12.1 Å². The van der Waals surface area contributed by atoms with E-state index in [2.05, 4.69) is 31.9 Å². The van der Waals surface area contributed by atoms with E-state index >= 15 is 0 Å². The zero-order valence-corrected chi connectivity index (χ0v) is 12.5. The lowest BCUT2D eigenvalue weighted by Gasteiger charge is -2.15. The van der Waals surface area contributed by atoms with Gasteiger partial charge in [-0.05, 0) is 50.4 Å². The summed E-state index contributed by atoms with van der Waals surface area (Å²) in [7, 11) is 1.55. The van der Waals surface area contributed by atoms with Crippen LogP contribution in [0.15, 0.2) is 21.1 Å². The fourth-order valence-electron chi connectivity index (χ4n) is 1.22. The van der Waals surface area contributed by atoms with Gasteiger partial charge in [-0.2, -0.15) is 0 Å². The van der Waals surface area contributed by atoms with Crippen LogP contribution in [0.4, 0.5) is 0 Å². The first-order valence-electron chi connectivity index (χ1n) is 4.92. The molecular formula is C11H12Br2O4. The minimum absolute atomic E-state index is 0.394. The van der Waals surface area contributed by atoms with Crippen molar-refractivity contribution in [3.63, 3.8) is 0 Å². The van der Waals surface area contributed by atoms with E-state index in [1.165, 1.54) is 0 Å². The van der Waals surface area contributed by atoms with Crippen LogP contribution < -0.4 is 9.47 Å². The molecule has 0 aliphatic carbocycles. The van der Waals surface area contributed by atoms with Gasteiger partial charge in [0.2, 0.25) is 0 Å². The molecule has 0 aliphatic rings. The Bertz CT molecular complexity index is 420. The number of aliphatic carboxylic acids is 1. The standard InChI is InChI=1S/C11H12Br2O4/c1-3-8(11(14)15)17-10-5-6(12)9(16-2)4-7(10)13/h4-5,8H,3H2,1-2H3,(H,14,15). The minimum atomic E-state index is -0.980. The second-order valence-corrected chi connectivity index (χ2v) is 4.98. The Balaban J connectivity index is 2.99. The summed E-state index contributed by atoms with van der Waals surface area (Å²) >= 11 is 6.63. The van der Waals surface area contributed by atoms with Crippen LogP contribution in [0.1, 0.15) is 13.3 Å². The van der Waals surface area contributed by atoms with Gasteiger partial charge in [0.1, 0.15) is 11.5 Å². The van der Waals surface area contributed by atoms with Crippen LogP contribution in [0.25, 0.3) is 0 Å². The summed E-state index contributed by atoms with van der Waals surface area (Å²) in [4.78, 5) is 10.9. The van der Waals surface area contributed by atoms with E-state index in [9.17, 15) is 4.79 Å². The van der Waals surface area contributed by atoms with Gasteiger partial charge in [-0.1, -0.05) is 6.92 Å². The predicted molar refractivity (Wildman–Crippen MR) is 70.7 cm³/mol. The molecule has 0 aliphatic heterocycles. The second kappa shape index (κ2) is 6.26. The van der Waals surface area contributed by atoms with Crippen molar-refractivity contribution in [1.82, 2.24) is 0 Å². The smallest absolute Gasteiger partial charge is 0.344 e. The van der Waals surface area contributed by atoms with E-state index in [1.807, 2.05) is 0 Å². The Kier molecular flexibility index (Phi) is 5.27. The first-order valence-corrected chi connectivity index (χ1v) is 6.50. The van der Waals surface area contributed by atoms with Crippen LogP contribution in [0.2, 0.25) is 0 Å². The van der Waals surface area contributed by atoms with Gasteiger partial charge in [0.25, 0.3) is 0 Å². The van der Waals surface area contributed by atoms with Gasteiger partial charge in [0.05, 0.1) is 16.1 Å². The monoisotopic (exact) mass is 366 g/mol. The van der Waals surface area contributed by atoms with Gasteiger partial charge in [-0.3, -0.25) is 0 Å². The molecule has 0 saturated carbocycles. The van der Waals surface area contributed by atoms with E-state index in [0.29, 0.717) is 26.9 Å². The van der Waals surface area contributed by atoms with Gasteiger partial charge in [0.15, 0.2) is 6.10 Å². The minimum Gasteiger partial charge on any atom is -0.496 e. The van der Waals surface area contributed by atoms with Crippen molar-refractivity contribution in [3.05, 3.63) is 21.1 Å². The average Bonchev–Trinajstić information content (AvgIpc) is 2.29. The highest BCUT2D eigenvalue weighted by Gasteiger charge is 2.19. The molecule has 1 aromatic carbocycles. The number of ether oxygens (including phenoxy) is 2. The molecule has 1 rings (SSSR count). The summed E-state index contributed by atoms with van der Waals surface area (Å²) < 4.78 is 11.9. The van der Waals surface area contributed by atoms with Crippen LogP contribution in [0, 0.1) is 0 Å². The molecule has 1 unspecified atom stereocenters. The summed E-state index contributed by atoms with van der Waals surface area (Å²) in [6.07, 6.45) is -0.461. The Hall–Kier alpha value is -0.750. The summed E-state index contributed by atoms with van der Waals surface area (Å²) in [5, 5.41) is 8.92. The van der Waals surface area contributed by atoms with Crippen LogP contribution in [0.5, 0.6) is 11.5 Å². The van der Waals surface area contributed by atoms with Crippen LogP contribution >= 0.6 is 31.9 Å². The van der Waals surface area contributed by atoms with Crippen LogP contribution in [-0.2, 0) is 4.79 Å². The van der Waals surface area contributed by atoms with Crippen molar-refractivity contribution in [2.75, 3.05) is 7.11 Å². The van der Waals surface area contributed by atoms with E-state index in [4.69, 9.17) is 14.6 Å². The number of hydrogen-bond acceptors (Lipinski definition) is 3. The molecule has 0 aromatic heterocycles. The molecule has 0 saturated heterocycles. The Morgan fingerprint density at radius 2 is 1.88 bits per heavy atom. The molecule has 94 valence electrons. The number of carboxylic acid groups (broad SMARTS) is 1. The molecule has 0 heterocycles. The normalized spacial score (nSPS) is 12.0. The number of benzene rings is 1. The first kappa shape index (κ1) is 14.3. The number of halogens is 2. The second-order valence-electron chi connectivity index (χ2n) is 3.27. The Labute approximate surface area is 116 Å². The number of carbonyl (C=O) groups is 1. The molecule has 6 heteroatoms. The lowest BCUT2D eigenvalue weighted by molar-refractivity contribution is -0.145. The fraction of sp³-hybridized carbons (Fsp3) is 0.364. The van der Waals surface area contributed by atoms with Crippen molar-refractivity contribution in [3.8, 4) is 11.5 Å². The molecule has 1 atom stereocenters. The SMILES string of the molecule is CCC(Oc1cc(Br)c(OC)cc1Br)C(=O)O. The van der Waals surface area contributed by atoms with E-state index in [0.717, 1.165) is 0 Å². The fourth-order valence-corrected chi connectivity index (χ4v) is 2.12. The number of hydrogen-bond donors (Lipinski definition) is 1. The quantitative estimate of drug-likeness (QED) is 0.865. The maximum Gasteiger partial charge on any atom is 0.344 e. The van der Waals surface area contributed by atoms with Crippen LogP contribution in [-0.4, -0.2) is 24.3 Å². The van der Waals surface area contributed by atoms with Gasteiger partial charge in [-0.15, -0.1) is 0 Å². The molecule has 4 nitrogen and oxygen atoms in total. The highest BCUT2D eigenvalue weighted by atomic mass is 79.9. The molecule has 0 radical (unpaired) electrons. The molecular weight excluding hydrogens is 356 g/mol. The average molecular weight is 368 g/mol. The Morgan fingerprint density at radius 1 is 1.35 bits per heavy atom. The van der Waals surface area contributed by atoms with Crippen molar-refractivity contribution in [2.45, 2.75) is 19.4 Å². The molecule has 1 N–H and O–H groups in total. The van der Waals surface area contributed by atoms with E-state index in [-0.39, 0.29) is 0 Å². The number of methoxy groups -OCH3 is 1. The summed E-state index contributed by atoms with van der Waals surface area (Å²) in [6.45, 7) is 1.76. The highest BCUT2D eigenvalue weighted by molar-refractivity contribution is 9.11. The van der Waals surface area contributed by atoms with Crippen molar-refractivity contribution in [2.24, 2.45) is 0 Å². The first-order chi connectivity index (χ1) is 7.99. The lowest BCUT2D eigenvalue weighted by Crippen LogP contribution is -2.26. The summed E-state index contributed by atoms with van der Waals surface area (Å²) in [6, 6.07) is 3.39. The van der Waals surface area contributed by atoms with Gasteiger partial charge >= 0.3 is 5.97 Å². The molecule has 1 aromatic rings. The third-order valence-corrected chi connectivity index (χ3v) is 3.36. The predicted octanol–water partition coefficient (Wildman–Crippen LogP) is 3.46. The van der Waals surface area contributed by atoms with Crippen molar-refractivity contribution >= 4 is 37.8 Å². The molecule has 0 bridgehead atoms. The molecule has 17 heavy (non-hydrogen) atoms. The number of rotatable bonds is 5. The summed E-state index contributed by atoms with van der Waals surface area (Å²) in [5.41, 5.74) is 0.